The summed E-state index contributed by atoms with van der Waals surface area (Å²) in [7, 11) is 1.74. The zero-order valence-electron chi connectivity index (χ0n) is 12.6. The molecule has 4 atom stereocenters. The predicted molar refractivity (Wildman–Crippen MR) is 78.6 cm³/mol. The molecule has 0 unspecified atom stereocenters. The zero-order valence-corrected chi connectivity index (χ0v) is 12.6. The summed E-state index contributed by atoms with van der Waals surface area (Å²) in [5.41, 5.74) is 3.09. The molecular weight excluding hydrogens is 264 g/mol. The lowest BCUT2D eigenvalue weighted by Gasteiger charge is -2.62. The number of methoxy groups -OCH3 is 1. The van der Waals surface area contributed by atoms with Gasteiger partial charge >= 0.3 is 0 Å². The summed E-state index contributed by atoms with van der Waals surface area (Å²) in [6.07, 6.45) is 6.45. The molecule has 3 heterocycles. The molecule has 3 heteroatoms. The van der Waals surface area contributed by atoms with Gasteiger partial charge in [0.2, 0.25) is 0 Å². The van der Waals surface area contributed by atoms with Gasteiger partial charge in [-0.15, -0.1) is 0 Å². The zero-order chi connectivity index (χ0) is 14.1. The molecule has 0 N–H and O–H groups in total. The second-order valence-corrected chi connectivity index (χ2v) is 7.11. The summed E-state index contributed by atoms with van der Waals surface area (Å²) in [6.45, 7) is 1.73. The minimum atomic E-state index is 0.0513. The smallest absolute Gasteiger partial charge is 0.119 e. The van der Waals surface area contributed by atoms with E-state index in [4.69, 9.17) is 14.2 Å². The average molecular weight is 286 g/mol. The Bertz CT molecular complexity index is 598. The van der Waals surface area contributed by atoms with Crippen LogP contribution in [0.15, 0.2) is 18.2 Å². The van der Waals surface area contributed by atoms with Gasteiger partial charge in [0.25, 0.3) is 0 Å². The maximum atomic E-state index is 6.48. The Labute approximate surface area is 125 Å². The van der Waals surface area contributed by atoms with Crippen LogP contribution in [0.25, 0.3) is 0 Å². The molecule has 3 aliphatic heterocycles. The van der Waals surface area contributed by atoms with E-state index in [0.29, 0.717) is 5.92 Å². The first-order valence-corrected chi connectivity index (χ1v) is 8.24. The van der Waals surface area contributed by atoms with E-state index in [-0.39, 0.29) is 17.1 Å². The number of hydrogen-bond donors (Lipinski definition) is 0. The molecule has 1 aromatic carbocycles. The highest BCUT2D eigenvalue weighted by Crippen LogP contribution is 2.71. The van der Waals surface area contributed by atoms with E-state index in [9.17, 15) is 0 Å². The Balaban J connectivity index is 1.75. The maximum absolute atomic E-state index is 6.48. The minimum Gasteiger partial charge on any atom is -0.497 e. The normalized spacial score (nSPS) is 43.1. The Morgan fingerprint density at radius 2 is 2.05 bits per heavy atom. The molecule has 0 aromatic heterocycles. The molecule has 21 heavy (non-hydrogen) atoms. The van der Waals surface area contributed by atoms with Crippen molar-refractivity contribution in [2.75, 3.05) is 20.3 Å². The van der Waals surface area contributed by atoms with Crippen LogP contribution in [0.5, 0.6) is 5.75 Å². The lowest BCUT2D eigenvalue weighted by Crippen LogP contribution is -2.62. The highest BCUT2D eigenvalue weighted by molar-refractivity contribution is 5.48. The van der Waals surface area contributed by atoms with Crippen molar-refractivity contribution >= 4 is 0 Å². The molecule has 0 radical (unpaired) electrons. The van der Waals surface area contributed by atoms with Gasteiger partial charge in [-0.3, -0.25) is 0 Å². The Morgan fingerprint density at radius 1 is 1.14 bits per heavy atom. The molecule has 2 aliphatic carbocycles. The topological polar surface area (TPSA) is 27.7 Å². The average Bonchev–Trinajstić information content (AvgIpc) is 2.97. The van der Waals surface area contributed by atoms with E-state index in [1.807, 2.05) is 0 Å². The van der Waals surface area contributed by atoms with Gasteiger partial charge in [0.1, 0.15) is 5.75 Å². The first-order chi connectivity index (χ1) is 10.3. The molecule has 2 bridgehead atoms. The molecular formula is C18H22O3. The van der Waals surface area contributed by atoms with Gasteiger partial charge in [0, 0.05) is 17.9 Å². The summed E-state index contributed by atoms with van der Waals surface area (Å²) >= 11 is 0. The van der Waals surface area contributed by atoms with Crippen molar-refractivity contribution in [3.05, 3.63) is 29.3 Å². The lowest BCUT2D eigenvalue weighted by molar-refractivity contribution is -0.232. The molecule has 1 saturated carbocycles. The third kappa shape index (κ3) is 1.29. The van der Waals surface area contributed by atoms with E-state index in [1.54, 1.807) is 7.11 Å². The molecule has 112 valence electrons. The van der Waals surface area contributed by atoms with Gasteiger partial charge in [-0.2, -0.15) is 0 Å². The van der Waals surface area contributed by atoms with Crippen LogP contribution in [0.1, 0.15) is 55.3 Å². The lowest BCUT2D eigenvalue weighted by atomic mass is 9.49. The fourth-order valence-electron chi connectivity index (χ4n) is 5.80. The second kappa shape index (κ2) is 4.02. The van der Waals surface area contributed by atoms with Crippen LogP contribution < -0.4 is 4.74 Å². The third-order valence-corrected chi connectivity index (χ3v) is 6.62. The highest BCUT2D eigenvalue weighted by Gasteiger charge is 2.70. The van der Waals surface area contributed by atoms with E-state index in [0.717, 1.165) is 25.4 Å². The molecule has 6 rings (SSSR count). The van der Waals surface area contributed by atoms with Gasteiger partial charge in [-0.1, -0.05) is 18.9 Å². The molecule has 0 amide bonds. The van der Waals surface area contributed by atoms with E-state index in [2.05, 4.69) is 18.2 Å². The van der Waals surface area contributed by atoms with E-state index in [1.165, 1.54) is 36.8 Å². The summed E-state index contributed by atoms with van der Waals surface area (Å²) in [5, 5.41) is 0. The van der Waals surface area contributed by atoms with Crippen LogP contribution >= 0.6 is 0 Å². The summed E-state index contributed by atoms with van der Waals surface area (Å²) < 4.78 is 18.3. The van der Waals surface area contributed by atoms with Crippen molar-refractivity contribution < 1.29 is 14.2 Å². The van der Waals surface area contributed by atoms with Crippen molar-refractivity contribution in [1.82, 2.24) is 0 Å². The summed E-state index contributed by atoms with van der Waals surface area (Å²) in [4.78, 5) is 0. The predicted octanol–water partition coefficient (Wildman–Crippen LogP) is 3.58. The number of rotatable bonds is 1. The number of ether oxygens (including phenoxy) is 3. The first kappa shape index (κ1) is 12.5. The molecule has 2 saturated heterocycles. The van der Waals surface area contributed by atoms with Crippen molar-refractivity contribution in [3.8, 4) is 5.75 Å². The van der Waals surface area contributed by atoms with Gasteiger partial charge in [0.15, 0.2) is 0 Å². The van der Waals surface area contributed by atoms with Crippen LogP contribution in [-0.4, -0.2) is 25.9 Å². The van der Waals surface area contributed by atoms with Crippen LogP contribution in [0.3, 0.4) is 0 Å². The van der Waals surface area contributed by atoms with Crippen molar-refractivity contribution in [1.29, 1.82) is 0 Å². The Hall–Kier alpha value is -1.06. The molecule has 3 fully saturated rings. The number of benzene rings is 1. The van der Waals surface area contributed by atoms with E-state index >= 15 is 0 Å². The number of hydrogen-bond acceptors (Lipinski definition) is 3. The fourth-order valence-corrected chi connectivity index (χ4v) is 5.80. The van der Waals surface area contributed by atoms with Crippen LogP contribution in [-0.2, 0) is 9.47 Å². The van der Waals surface area contributed by atoms with Crippen molar-refractivity contribution in [2.45, 2.75) is 49.7 Å². The largest absolute Gasteiger partial charge is 0.497 e. The molecule has 5 aliphatic rings. The maximum Gasteiger partial charge on any atom is 0.119 e. The SMILES string of the molecule is COc1ccc2c(c1)[C@@H]1OC[C@H]2[C@]23CCCC[C@]12CCO3. The van der Waals surface area contributed by atoms with Crippen molar-refractivity contribution in [2.24, 2.45) is 5.41 Å². The Kier molecular flexibility index (Phi) is 2.39. The van der Waals surface area contributed by atoms with Crippen LogP contribution in [0.4, 0.5) is 0 Å². The standard InChI is InChI=1S/C18H22O3/c1-19-12-4-5-13-14(10-12)16-17-6-2-3-7-18(17,21-9-8-17)15(13)11-20-16/h4-5,10,15-16H,2-3,6-9,11H2,1H3/t15-,16+,17+,18-/m1/s1. The van der Waals surface area contributed by atoms with Crippen LogP contribution in [0, 0.1) is 5.41 Å². The van der Waals surface area contributed by atoms with Gasteiger partial charge in [-0.25, -0.2) is 0 Å². The quantitative estimate of drug-likeness (QED) is 0.789. The number of fused-ring (bicyclic) bond motifs is 1. The van der Waals surface area contributed by atoms with Gasteiger partial charge in [-0.05, 0) is 42.5 Å². The summed E-state index contributed by atoms with van der Waals surface area (Å²) in [6, 6.07) is 6.55. The monoisotopic (exact) mass is 286 g/mol. The second-order valence-electron chi connectivity index (χ2n) is 7.11. The van der Waals surface area contributed by atoms with Gasteiger partial charge in [0.05, 0.1) is 25.4 Å². The van der Waals surface area contributed by atoms with E-state index < -0.39 is 0 Å². The summed E-state index contributed by atoms with van der Waals surface area (Å²) in [5.74, 6) is 1.35. The highest BCUT2D eigenvalue weighted by atomic mass is 16.5. The van der Waals surface area contributed by atoms with Crippen molar-refractivity contribution in [3.63, 3.8) is 0 Å². The minimum absolute atomic E-state index is 0.0513. The molecule has 1 aromatic rings. The van der Waals surface area contributed by atoms with Crippen LogP contribution in [0.2, 0.25) is 0 Å². The molecule has 0 spiro atoms. The third-order valence-electron chi connectivity index (χ3n) is 6.62. The Morgan fingerprint density at radius 3 is 2.95 bits per heavy atom. The fraction of sp³-hybridized carbons (Fsp3) is 0.667. The van der Waals surface area contributed by atoms with Gasteiger partial charge < -0.3 is 14.2 Å². The first-order valence-electron chi connectivity index (χ1n) is 8.24. The molecule has 3 nitrogen and oxygen atoms in total.